The fourth-order valence-corrected chi connectivity index (χ4v) is 2.39. The summed E-state index contributed by atoms with van der Waals surface area (Å²) in [6.45, 7) is 8.12. The first-order valence-corrected chi connectivity index (χ1v) is 7.62. The number of pyridine rings is 1. The van der Waals surface area contributed by atoms with Gasteiger partial charge in [-0.15, -0.1) is 0 Å². The Balaban J connectivity index is 1.68. The van der Waals surface area contributed by atoms with Crippen LogP contribution in [-0.2, 0) is 20.5 Å². The molecule has 2 heterocycles. The van der Waals surface area contributed by atoms with Crippen molar-refractivity contribution >= 4 is 18.4 Å². The molecule has 1 aromatic rings. The van der Waals surface area contributed by atoms with Gasteiger partial charge in [-0.3, -0.25) is 9.78 Å². The number of hydrogen-bond acceptors (Lipinski definition) is 4. The molecule has 1 aromatic heterocycles. The van der Waals surface area contributed by atoms with Gasteiger partial charge in [-0.25, -0.2) is 0 Å². The Labute approximate surface area is 126 Å². The summed E-state index contributed by atoms with van der Waals surface area (Å²) in [5.74, 6) is 0.598. The Hall–Kier alpha value is -1.20. The number of nitrogens with zero attached hydrogens (tertiary/aromatic N) is 1. The molecule has 0 unspecified atom stereocenters. The lowest BCUT2D eigenvalue weighted by atomic mass is 9.80. The molecule has 0 bridgehead atoms. The summed E-state index contributed by atoms with van der Waals surface area (Å²) < 4.78 is 12.0. The molecule has 2 fully saturated rings. The molecule has 0 aromatic carbocycles. The topological polar surface area (TPSA) is 48.4 Å². The van der Waals surface area contributed by atoms with Crippen molar-refractivity contribution < 1.29 is 14.1 Å². The fourth-order valence-electron chi connectivity index (χ4n) is 2.39. The Bertz CT molecular complexity index is 533. The predicted octanol–water partition coefficient (Wildman–Crippen LogP) is 1.90. The van der Waals surface area contributed by atoms with Gasteiger partial charge in [0.2, 0.25) is 0 Å². The molecule has 3 rings (SSSR count). The monoisotopic (exact) mass is 287 g/mol. The molecule has 0 amide bonds. The second-order valence-electron chi connectivity index (χ2n) is 7.09. The molecular weight excluding hydrogens is 265 g/mol. The normalized spacial score (nSPS) is 23.3. The molecule has 21 heavy (non-hydrogen) atoms. The van der Waals surface area contributed by atoms with Crippen molar-refractivity contribution in [2.24, 2.45) is 5.92 Å². The van der Waals surface area contributed by atoms with Crippen LogP contribution >= 0.6 is 0 Å². The minimum Gasteiger partial charge on any atom is -0.399 e. The van der Waals surface area contributed by atoms with Gasteiger partial charge in [-0.05, 0) is 46.6 Å². The van der Waals surface area contributed by atoms with Crippen LogP contribution in [0.5, 0.6) is 0 Å². The van der Waals surface area contributed by atoms with Crippen LogP contribution in [0.1, 0.15) is 46.2 Å². The van der Waals surface area contributed by atoms with E-state index in [9.17, 15) is 4.79 Å². The number of Topliss-reactive ketones (excluding diaryl/α,β-unsaturated/α-hetero) is 1. The van der Waals surface area contributed by atoms with Crippen molar-refractivity contribution in [1.29, 1.82) is 0 Å². The second kappa shape index (κ2) is 4.92. The fraction of sp³-hybridized carbons (Fsp3) is 0.625. The van der Waals surface area contributed by atoms with E-state index >= 15 is 0 Å². The molecule has 5 heteroatoms. The van der Waals surface area contributed by atoms with E-state index in [0.717, 1.165) is 24.0 Å². The van der Waals surface area contributed by atoms with Gasteiger partial charge in [-0.2, -0.15) is 0 Å². The molecule has 0 atom stereocenters. The standard InChI is InChI=1S/C16H22BNO3/c1-15(2)16(3,4)21-17(20-15)12-7-8-13(18-10-12)9-14(19)11-5-6-11/h7-8,10-11H,5-6,9H2,1-4H3. The van der Waals surface area contributed by atoms with Crippen LogP contribution in [0.3, 0.4) is 0 Å². The van der Waals surface area contributed by atoms with Crippen LogP contribution in [0.4, 0.5) is 0 Å². The summed E-state index contributed by atoms with van der Waals surface area (Å²) in [5, 5.41) is 0. The summed E-state index contributed by atoms with van der Waals surface area (Å²) >= 11 is 0. The third kappa shape index (κ3) is 2.90. The van der Waals surface area contributed by atoms with Gasteiger partial charge in [0.15, 0.2) is 0 Å². The highest BCUT2D eigenvalue weighted by atomic mass is 16.7. The van der Waals surface area contributed by atoms with Crippen molar-refractivity contribution in [1.82, 2.24) is 4.98 Å². The van der Waals surface area contributed by atoms with Crippen LogP contribution in [0.15, 0.2) is 18.3 Å². The lowest BCUT2D eigenvalue weighted by Crippen LogP contribution is -2.41. The molecule has 1 saturated carbocycles. The Morgan fingerprint density at radius 2 is 1.86 bits per heavy atom. The Kier molecular flexibility index (Phi) is 3.45. The maximum atomic E-state index is 11.8. The average molecular weight is 287 g/mol. The Morgan fingerprint density at radius 1 is 1.24 bits per heavy atom. The number of rotatable bonds is 4. The Morgan fingerprint density at radius 3 is 2.33 bits per heavy atom. The minimum atomic E-state index is -0.393. The molecule has 1 saturated heterocycles. The van der Waals surface area contributed by atoms with Gasteiger partial charge >= 0.3 is 7.12 Å². The van der Waals surface area contributed by atoms with E-state index in [2.05, 4.69) is 4.98 Å². The predicted molar refractivity (Wildman–Crippen MR) is 81.4 cm³/mol. The lowest BCUT2D eigenvalue weighted by Gasteiger charge is -2.32. The van der Waals surface area contributed by atoms with E-state index in [4.69, 9.17) is 9.31 Å². The summed E-state index contributed by atoms with van der Waals surface area (Å²) in [6.07, 6.45) is 4.29. The zero-order valence-electron chi connectivity index (χ0n) is 13.2. The van der Waals surface area contributed by atoms with Crippen molar-refractivity contribution in [2.75, 3.05) is 0 Å². The largest absolute Gasteiger partial charge is 0.496 e. The SMILES string of the molecule is CC1(C)OB(c2ccc(CC(=O)C3CC3)nc2)OC1(C)C. The maximum Gasteiger partial charge on any atom is 0.496 e. The molecular formula is C16H22BNO3. The van der Waals surface area contributed by atoms with Crippen molar-refractivity contribution in [3.05, 3.63) is 24.0 Å². The van der Waals surface area contributed by atoms with Crippen molar-refractivity contribution in [3.8, 4) is 0 Å². The zero-order valence-corrected chi connectivity index (χ0v) is 13.2. The molecule has 0 spiro atoms. The van der Waals surface area contributed by atoms with E-state index in [1.807, 2.05) is 39.8 Å². The summed E-state index contributed by atoms with van der Waals surface area (Å²) in [6, 6.07) is 3.85. The van der Waals surface area contributed by atoms with E-state index in [0.29, 0.717) is 12.2 Å². The first kappa shape index (κ1) is 14.7. The summed E-state index contributed by atoms with van der Waals surface area (Å²) in [5.41, 5.74) is 1.03. The van der Waals surface area contributed by atoms with E-state index in [1.54, 1.807) is 6.20 Å². The summed E-state index contributed by atoms with van der Waals surface area (Å²) in [7, 11) is -0.393. The molecule has 1 aliphatic carbocycles. The van der Waals surface area contributed by atoms with E-state index in [-0.39, 0.29) is 17.1 Å². The van der Waals surface area contributed by atoms with E-state index in [1.165, 1.54) is 0 Å². The van der Waals surface area contributed by atoms with Crippen LogP contribution in [0.2, 0.25) is 0 Å². The van der Waals surface area contributed by atoms with Crippen LogP contribution in [0, 0.1) is 5.92 Å². The smallest absolute Gasteiger partial charge is 0.399 e. The van der Waals surface area contributed by atoms with Gasteiger partial charge in [0, 0.05) is 29.7 Å². The van der Waals surface area contributed by atoms with Crippen molar-refractivity contribution in [2.45, 2.75) is 58.2 Å². The molecule has 1 aliphatic heterocycles. The lowest BCUT2D eigenvalue weighted by molar-refractivity contribution is -0.119. The molecule has 0 radical (unpaired) electrons. The first-order chi connectivity index (χ1) is 9.78. The zero-order chi connectivity index (χ0) is 15.3. The minimum absolute atomic E-state index is 0.287. The number of ketones is 1. The quantitative estimate of drug-likeness (QED) is 0.794. The van der Waals surface area contributed by atoms with Gasteiger partial charge in [0.1, 0.15) is 5.78 Å². The number of aromatic nitrogens is 1. The van der Waals surface area contributed by atoms with Gasteiger partial charge < -0.3 is 9.31 Å². The van der Waals surface area contributed by atoms with E-state index < -0.39 is 7.12 Å². The first-order valence-electron chi connectivity index (χ1n) is 7.62. The second-order valence-corrected chi connectivity index (χ2v) is 7.09. The van der Waals surface area contributed by atoms with Crippen LogP contribution in [-0.4, -0.2) is 29.1 Å². The third-order valence-electron chi connectivity index (χ3n) is 4.76. The molecule has 2 aliphatic rings. The van der Waals surface area contributed by atoms with Crippen molar-refractivity contribution in [3.63, 3.8) is 0 Å². The maximum absolute atomic E-state index is 11.8. The van der Waals surface area contributed by atoms with Crippen LogP contribution in [0.25, 0.3) is 0 Å². The average Bonchev–Trinajstić information content (AvgIpc) is 3.19. The summed E-state index contributed by atoms with van der Waals surface area (Å²) in [4.78, 5) is 16.2. The third-order valence-corrected chi connectivity index (χ3v) is 4.76. The highest BCUT2D eigenvalue weighted by Gasteiger charge is 2.51. The number of carbonyl (C=O) groups is 1. The van der Waals surface area contributed by atoms with Gasteiger partial charge in [0.25, 0.3) is 0 Å². The molecule has 4 nitrogen and oxygen atoms in total. The highest BCUT2D eigenvalue weighted by molar-refractivity contribution is 6.62. The molecule has 112 valence electrons. The molecule has 0 N–H and O–H groups in total. The van der Waals surface area contributed by atoms with Gasteiger partial charge in [0.05, 0.1) is 11.2 Å². The number of carbonyl (C=O) groups excluding carboxylic acids is 1. The van der Waals surface area contributed by atoms with Gasteiger partial charge in [-0.1, -0.05) is 6.07 Å². The highest BCUT2D eigenvalue weighted by Crippen LogP contribution is 2.36. The van der Waals surface area contributed by atoms with Crippen LogP contribution < -0.4 is 5.46 Å². The number of hydrogen-bond donors (Lipinski definition) is 0.